The molecule has 1 N–H and O–H groups in total. The molecule has 120 valence electrons. The third-order valence-corrected chi connectivity index (χ3v) is 3.71. The first kappa shape index (κ1) is 17.2. The van der Waals surface area contributed by atoms with Crippen molar-refractivity contribution in [3.63, 3.8) is 0 Å². The minimum atomic E-state index is -0.508. The molecule has 2 rings (SSSR count). The maximum absolute atomic E-state index is 13.6. The minimum absolute atomic E-state index is 0.0915. The summed E-state index contributed by atoms with van der Waals surface area (Å²) in [5.41, 5.74) is 0.731. The van der Waals surface area contributed by atoms with Gasteiger partial charge in [-0.3, -0.25) is 4.79 Å². The van der Waals surface area contributed by atoms with Gasteiger partial charge in [0.1, 0.15) is 17.4 Å². The smallest absolute Gasteiger partial charge is 0.270 e. The highest BCUT2D eigenvalue weighted by Gasteiger charge is 2.16. The van der Waals surface area contributed by atoms with Crippen molar-refractivity contribution in [1.82, 2.24) is 9.97 Å². The van der Waals surface area contributed by atoms with Crippen molar-refractivity contribution >= 4 is 11.8 Å². The zero-order chi connectivity index (χ0) is 16.8. The number of aromatic nitrogens is 2. The molecule has 0 radical (unpaired) electrons. The Labute approximate surface area is 137 Å². The van der Waals surface area contributed by atoms with E-state index < -0.39 is 11.4 Å². The summed E-state index contributed by atoms with van der Waals surface area (Å²) in [6, 6.07) is 6.01. The van der Waals surface area contributed by atoms with Crippen molar-refractivity contribution < 1.29 is 9.13 Å². The Morgan fingerprint density at radius 2 is 2.26 bits per heavy atom. The molecule has 0 bridgehead atoms. The minimum Gasteiger partial charge on any atom is -0.377 e. The highest BCUT2D eigenvalue weighted by molar-refractivity contribution is 7.98. The van der Waals surface area contributed by atoms with Crippen LogP contribution in [0.1, 0.15) is 24.5 Å². The third kappa shape index (κ3) is 3.97. The highest BCUT2D eigenvalue weighted by atomic mass is 32.2. The molecular formula is C16H16FN3O2S. The molecule has 0 unspecified atom stereocenters. The van der Waals surface area contributed by atoms with Crippen molar-refractivity contribution in [2.24, 2.45) is 0 Å². The Kier molecular flexibility index (Phi) is 5.90. The Bertz CT molecular complexity index is 799. The maximum Gasteiger partial charge on any atom is 0.270 e. The number of nitrogens with one attached hydrogen (secondary N) is 1. The van der Waals surface area contributed by atoms with E-state index in [0.717, 1.165) is 6.42 Å². The molecule has 7 heteroatoms. The van der Waals surface area contributed by atoms with Crippen LogP contribution in [0.15, 0.2) is 28.2 Å². The number of thioether (sulfide) groups is 1. The normalized spacial score (nSPS) is 10.5. The Morgan fingerprint density at radius 3 is 2.91 bits per heavy atom. The zero-order valence-corrected chi connectivity index (χ0v) is 13.7. The summed E-state index contributed by atoms with van der Waals surface area (Å²) in [5.74, 6) is -0.405. The number of rotatable bonds is 6. The molecule has 2 aromatic rings. The second-order valence-electron chi connectivity index (χ2n) is 4.76. The van der Waals surface area contributed by atoms with Crippen LogP contribution in [0.4, 0.5) is 4.39 Å². The molecule has 1 aromatic heterocycles. The highest BCUT2D eigenvalue weighted by Crippen LogP contribution is 2.26. The number of hydrogen-bond acceptors (Lipinski definition) is 5. The quantitative estimate of drug-likeness (QED) is 0.499. The third-order valence-electron chi connectivity index (χ3n) is 3.13. The predicted octanol–water partition coefficient (Wildman–Crippen LogP) is 3.10. The topological polar surface area (TPSA) is 78.8 Å². The van der Waals surface area contributed by atoms with Crippen LogP contribution in [0.25, 0.3) is 11.3 Å². The number of nitrogens with zero attached hydrogens (tertiary/aromatic N) is 2. The Balaban J connectivity index is 2.59. The van der Waals surface area contributed by atoms with Gasteiger partial charge < -0.3 is 9.72 Å². The van der Waals surface area contributed by atoms with Gasteiger partial charge in [0.25, 0.3) is 5.56 Å². The van der Waals surface area contributed by atoms with Gasteiger partial charge in [-0.15, -0.1) is 0 Å². The first-order valence-electron chi connectivity index (χ1n) is 7.05. The molecule has 0 fully saturated rings. The standard InChI is InChI=1S/C16H16FN3O2S/c1-3-6-22-9-10-7-11(17)4-5-12(10)14-13(8-18)15(21)20-16(19-14)23-2/h4-5,7H,3,6,9H2,1-2H3,(H,19,20,21). The van der Waals surface area contributed by atoms with Crippen molar-refractivity contribution in [2.75, 3.05) is 12.9 Å². The fourth-order valence-corrected chi connectivity index (χ4v) is 2.46. The molecule has 0 aliphatic heterocycles. The number of H-pyrrole nitrogens is 1. The van der Waals surface area contributed by atoms with E-state index >= 15 is 0 Å². The van der Waals surface area contributed by atoms with Crippen LogP contribution in [0.5, 0.6) is 0 Å². The van der Waals surface area contributed by atoms with Crippen LogP contribution in [0.2, 0.25) is 0 Å². The van der Waals surface area contributed by atoms with E-state index in [4.69, 9.17) is 4.74 Å². The largest absolute Gasteiger partial charge is 0.377 e. The number of benzene rings is 1. The van der Waals surface area contributed by atoms with Gasteiger partial charge >= 0.3 is 0 Å². The molecule has 0 atom stereocenters. The first-order chi connectivity index (χ1) is 11.1. The van der Waals surface area contributed by atoms with Crippen LogP contribution in [0, 0.1) is 17.1 Å². The molecule has 0 amide bonds. The number of nitriles is 1. The molecule has 0 saturated carbocycles. The summed E-state index contributed by atoms with van der Waals surface area (Å²) in [6.07, 6.45) is 2.61. The molecule has 0 aliphatic rings. The van der Waals surface area contributed by atoms with Crippen LogP contribution in [0.3, 0.4) is 0 Å². The van der Waals surface area contributed by atoms with E-state index in [-0.39, 0.29) is 17.9 Å². The molecule has 0 saturated heterocycles. The van der Waals surface area contributed by atoms with E-state index in [1.165, 1.54) is 30.0 Å². The van der Waals surface area contributed by atoms with Gasteiger partial charge in [-0.1, -0.05) is 18.7 Å². The van der Waals surface area contributed by atoms with Crippen molar-refractivity contribution in [2.45, 2.75) is 25.1 Å². The fraction of sp³-hybridized carbons (Fsp3) is 0.312. The van der Waals surface area contributed by atoms with Crippen molar-refractivity contribution in [3.8, 4) is 17.3 Å². The molecular weight excluding hydrogens is 317 g/mol. The van der Waals surface area contributed by atoms with Gasteiger partial charge in [-0.05, 0) is 36.4 Å². The monoisotopic (exact) mass is 333 g/mol. The van der Waals surface area contributed by atoms with E-state index in [2.05, 4.69) is 9.97 Å². The van der Waals surface area contributed by atoms with Gasteiger partial charge in [0.05, 0.1) is 12.3 Å². The van der Waals surface area contributed by atoms with Crippen molar-refractivity contribution in [3.05, 3.63) is 45.5 Å². The van der Waals surface area contributed by atoms with Crippen molar-refractivity contribution in [1.29, 1.82) is 5.26 Å². The number of halogens is 1. The molecule has 0 spiro atoms. The molecule has 0 aliphatic carbocycles. The lowest BCUT2D eigenvalue weighted by Gasteiger charge is -2.11. The zero-order valence-electron chi connectivity index (χ0n) is 12.9. The van der Waals surface area contributed by atoms with Crippen LogP contribution in [-0.2, 0) is 11.3 Å². The van der Waals surface area contributed by atoms with Gasteiger partial charge in [0.15, 0.2) is 5.16 Å². The predicted molar refractivity (Wildman–Crippen MR) is 86.7 cm³/mol. The average molecular weight is 333 g/mol. The van der Waals surface area contributed by atoms with E-state index in [9.17, 15) is 14.4 Å². The molecule has 5 nitrogen and oxygen atoms in total. The first-order valence-corrected chi connectivity index (χ1v) is 8.28. The molecule has 1 aromatic carbocycles. The molecule has 23 heavy (non-hydrogen) atoms. The van der Waals surface area contributed by atoms with Gasteiger partial charge in [0.2, 0.25) is 0 Å². The molecule has 1 heterocycles. The fourth-order valence-electron chi connectivity index (χ4n) is 2.09. The Morgan fingerprint density at radius 1 is 1.48 bits per heavy atom. The van der Waals surface area contributed by atoms with Gasteiger partial charge in [-0.2, -0.15) is 5.26 Å². The van der Waals surface area contributed by atoms with Gasteiger partial charge in [-0.25, -0.2) is 9.37 Å². The lowest BCUT2D eigenvalue weighted by atomic mass is 10.0. The SMILES string of the molecule is CCCOCc1cc(F)ccc1-c1nc(SC)[nH]c(=O)c1C#N. The second kappa shape index (κ2) is 7.90. The number of hydrogen-bond donors (Lipinski definition) is 1. The summed E-state index contributed by atoms with van der Waals surface area (Å²) in [5, 5.41) is 9.66. The lowest BCUT2D eigenvalue weighted by molar-refractivity contribution is 0.121. The summed E-state index contributed by atoms with van der Waals surface area (Å²) < 4.78 is 19.0. The lowest BCUT2D eigenvalue weighted by Crippen LogP contribution is -2.15. The second-order valence-corrected chi connectivity index (χ2v) is 5.56. The van der Waals surface area contributed by atoms with E-state index in [0.29, 0.717) is 22.9 Å². The average Bonchev–Trinajstić information content (AvgIpc) is 2.54. The number of ether oxygens (including phenoxy) is 1. The number of aromatic amines is 1. The van der Waals surface area contributed by atoms with Crippen LogP contribution in [-0.4, -0.2) is 22.8 Å². The Hall–Kier alpha value is -2.17. The summed E-state index contributed by atoms with van der Waals surface area (Å²) in [7, 11) is 0. The summed E-state index contributed by atoms with van der Waals surface area (Å²) >= 11 is 1.26. The summed E-state index contributed by atoms with van der Waals surface area (Å²) in [4.78, 5) is 18.9. The van der Waals surface area contributed by atoms with E-state index in [1.807, 2.05) is 13.0 Å². The van der Waals surface area contributed by atoms with Gasteiger partial charge in [0, 0.05) is 12.2 Å². The maximum atomic E-state index is 13.6. The van der Waals surface area contributed by atoms with Crippen LogP contribution < -0.4 is 5.56 Å². The van der Waals surface area contributed by atoms with Crippen LogP contribution >= 0.6 is 11.8 Å². The summed E-state index contributed by atoms with van der Waals surface area (Å²) in [6.45, 7) is 2.71. The van der Waals surface area contributed by atoms with E-state index in [1.54, 1.807) is 6.26 Å².